The number of carbonyl (C=O) groups excluding carboxylic acids is 2. The highest BCUT2D eigenvalue weighted by molar-refractivity contribution is 7.17. The van der Waals surface area contributed by atoms with E-state index in [1.165, 1.54) is 16.2 Å². The SMILES string of the molecule is COc1ccc(C[NH2+]CC(=O)Nc2sc3c(c2C(=O)OC(C)C)CCCC3)cc1. The molecule has 156 valence electrons. The second-order valence-electron chi connectivity index (χ2n) is 7.46. The minimum Gasteiger partial charge on any atom is -0.497 e. The van der Waals surface area contributed by atoms with Gasteiger partial charge in [0.1, 0.15) is 17.3 Å². The molecule has 1 aliphatic carbocycles. The molecular weight excluding hydrogens is 388 g/mol. The normalized spacial score (nSPS) is 13.1. The van der Waals surface area contributed by atoms with Gasteiger partial charge in [0.25, 0.3) is 5.91 Å². The Bertz CT molecular complexity index is 858. The molecular formula is C22H29N2O4S+. The number of methoxy groups -OCH3 is 1. The van der Waals surface area contributed by atoms with E-state index in [1.54, 1.807) is 7.11 Å². The van der Waals surface area contributed by atoms with E-state index in [1.807, 2.05) is 43.4 Å². The van der Waals surface area contributed by atoms with E-state index in [0.29, 0.717) is 17.1 Å². The van der Waals surface area contributed by atoms with Crippen LogP contribution in [-0.2, 0) is 28.9 Å². The minimum absolute atomic E-state index is 0.115. The fourth-order valence-corrected chi connectivity index (χ4v) is 4.75. The molecule has 7 heteroatoms. The first-order valence-corrected chi connectivity index (χ1v) is 10.9. The number of fused-ring (bicyclic) bond motifs is 1. The Morgan fingerprint density at radius 2 is 1.90 bits per heavy atom. The van der Waals surface area contributed by atoms with Crippen LogP contribution in [0.15, 0.2) is 24.3 Å². The van der Waals surface area contributed by atoms with Crippen molar-refractivity contribution in [1.29, 1.82) is 0 Å². The smallest absolute Gasteiger partial charge is 0.341 e. The highest BCUT2D eigenvalue weighted by Crippen LogP contribution is 2.38. The Hall–Kier alpha value is -2.38. The Morgan fingerprint density at radius 1 is 1.17 bits per heavy atom. The maximum Gasteiger partial charge on any atom is 0.341 e. The van der Waals surface area contributed by atoms with Gasteiger partial charge in [0.2, 0.25) is 0 Å². The number of amides is 1. The van der Waals surface area contributed by atoms with E-state index >= 15 is 0 Å². The van der Waals surface area contributed by atoms with Crippen molar-refractivity contribution in [3.05, 3.63) is 45.8 Å². The summed E-state index contributed by atoms with van der Waals surface area (Å²) in [5.41, 5.74) is 2.73. The van der Waals surface area contributed by atoms with Gasteiger partial charge in [-0.3, -0.25) is 4.79 Å². The lowest BCUT2D eigenvalue weighted by molar-refractivity contribution is -0.659. The molecule has 0 spiro atoms. The Balaban J connectivity index is 1.63. The molecule has 1 aromatic heterocycles. The zero-order chi connectivity index (χ0) is 20.8. The fraction of sp³-hybridized carbons (Fsp3) is 0.455. The first-order chi connectivity index (χ1) is 14.0. The number of thiophene rings is 1. The van der Waals surface area contributed by atoms with Crippen LogP contribution in [0.1, 0.15) is 53.1 Å². The van der Waals surface area contributed by atoms with Gasteiger partial charge >= 0.3 is 5.97 Å². The molecule has 6 nitrogen and oxygen atoms in total. The summed E-state index contributed by atoms with van der Waals surface area (Å²) in [5, 5.41) is 5.53. The molecule has 3 N–H and O–H groups in total. The molecule has 3 rings (SSSR count). The number of nitrogens with two attached hydrogens (primary N) is 1. The van der Waals surface area contributed by atoms with Crippen LogP contribution in [0.4, 0.5) is 5.00 Å². The summed E-state index contributed by atoms with van der Waals surface area (Å²) in [5.74, 6) is 0.363. The van der Waals surface area contributed by atoms with E-state index in [4.69, 9.17) is 9.47 Å². The molecule has 2 aromatic rings. The highest BCUT2D eigenvalue weighted by atomic mass is 32.1. The van der Waals surface area contributed by atoms with Gasteiger partial charge in [-0.25, -0.2) is 4.79 Å². The Labute approximate surface area is 175 Å². The van der Waals surface area contributed by atoms with Crippen LogP contribution in [0.25, 0.3) is 0 Å². The predicted octanol–water partition coefficient (Wildman–Crippen LogP) is 2.90. The topological polar surface area (TPSA) is 81.2 Å². The van der Waals surface area contributed by atoms with E-state index in [-0.39, 0.29) is 24.5 Å². The van der Waals surface area contributed by atoms with Crippen LogP contribution in [0.3, 0.4) is 0 Å². The maximum absolute atomic E-state index is 12.7. The Kier molecular flexibility index (Phi) is 7.28. The maximum atomic E-state index is 12.7. The van der Waals surface area contributed by atoms with E-state index < -0.39 is 0 Å². The van der Waals surface area contributed by atoms with Crippen LogP contribution in [0.5, 0.6) is 5.75 Å². The van der Waals surface area contributed by atoms with E-state index in [0.717, 1.165) is 42.6 Å². The second-order valence-corrected chi connectivity index (χ2v) is 8.57. The molecule has 1 aromatic carbocycles. The molecule has 0 aliphatic heterocycles. The van der Waals surface area contributed by atoms with Crippen LogP contribution in [0.2, 0.25) is 0 Å². The molecule has 0 saturated carbocycles. The number of carbonyl (C=O) groups is 2. The number of hydrogen-bond donors (Lipinski definition) is 2. The molecule has 0 saturated heterocycles. The van der Waals surface area contributed by atoms with Crippen molar-refractivity contribution in [2.24, 2.45) is 0 Å². The standard InChI is InChI=1S/C22H28N2O4S/c1-14(2)28-22(26)20-17-6-4-5-7-18(17)29-21(20)24-19(25)13-23-12-15-8-10-16(27-3)11-9-15/h8-11,14,23H,4-7,12-13H2,1-3H3,(H,24,25)/p+1. The number of esters is 1. The molecule has 1 aliphatic rings. The fourth-order valence-electron chi connectivity index (χ4n) is 3.45. The quantitative estimate of drug-likeness (QED) is 0.647. The molecule has 0 unspecified atom stereocenters. The van der Waals surface area contributed by atoms with Crippen molar-refractivity contribution in [2.45, 2.75) is 52.2 Å². The molecule has 29 heavy (non-hydrogen) atoms. The van der Waals surface area contributed by atoms with Gasteiger partial charge in [-0.15, -0.1) is 11.3 Å². The van der Waals surface area contributed by atoms with Gasteiger partial charge in [-0.2, -0.15) is 0 Å². The lowest BCUT2D eigenvalue weighted by Gasteiger charge is -2.14. The van der Waals surface area contributed by atoms with Gasteiger partial charge in [0.15, 0.2) is 6.54 Å². The molecule has 0 atom stereocenters. The van der Waals surface area contributed by atoms with Crippen LogP contribution in [0, 0.1) is 0 Å². The van der Waals surface area contributed by atoms with Crippen molar-refractivity contribution in [3.8, 4) is 5.75 Å². The molecule has 1 heterocycles. The highest BCUT2D eigenvalue weighted by Gasteiger charge is 2.28. The summed E-state index contributed by atoms with van der Waals surface area (Å²) in [7, 11) is 1.64. The number of ether oxygens (including phenoxy) is 2. The predicted molar refractivity (Wildman–Crippen MR) is 114 cm³/mol. The van der Waals surface area contributed by atoms with Crippen molar-refractivity contribution in [1.82, 2.24) is 0 Å². The third-order valence-electron chi connectivity index (χ3n) is 4.84. The molecule has 0 radical (unpaired) electrons. The summed E-state index contributed by atoms with van der Waals surface area (Å²) in [6.07, 6.45) is 3.82. The number of hydrogen-bond acceptors (Lipinski definition) is 5. The zero-order valence-electron chi connectivity index (χ0n) is 17.2. The van der Waals surface area contributed by atoms with Crippen LogP contribution in [-0.4, -0.2) is 31.6 Å². The van der Waals surface area contributed by atoms with Gasteiger partial charge in [-0.1, -0.05) is 0 Å². The number of benzene rings is 1. The zero-order valence-corrected chi connectivity index (χ0v) is 18.1. The first-order valence-electron chi connectivity index (χ1n) is 10.1. The van der Waals surface area contributed by atoms with Crippen LogP contribution >= 0.6 is 11.3 Å². The number of aryl methyl sites for hydroxylation is 1. The minimum atomic E-state index is -0.336. The summed E-state index contributed by atoms with van der Waals surface area (Å²) in [4.78, 5) is 26.4. The van der Waals surface area contributed by atoms with Gasteiger partial charge < -0.3 is 20.1 Å². The van der Waals surface area contributed by atoms with Gasteiger partial charge in [-0.05, 0) is 69.4 Å². The largest absolute Gasteiger partial charge is 0.497 e. The van der Waals surface area contributed by atoms with Crippen molar-refractivity contribution >= 4 is 28.2 Å². The lowest BCUT2D eigenvalue weighted by Crippen LogP contribution is -2.84. The summed E-state index contributed by atoms with van der Waals surface area (Å²) < 4.78 is 10.6. The summed E-state index contributed by atoms with van der Waals surface area (Å²) in [6, 6.07) is 7.79. The summed E-state index contributed by atoms with van der Waals surface area (Å²) >= 11 is 1.52. The third-order valence-corrected chi connectivity index (χ3v) is 6.05. The average molecular weight is 418 g/mol. The van der Waals surface area contributed by atoms with Crippen molar-refractivity contribution in [3.63, 3.8) is 0 Å². The van der Waals surface area contributed by atoms with E-state index in [9.17, 15) is 9.59 Å². The average Bonchev–Trinajstić information content (AvgIpc) is 3.05. The summed E-state index contributed by atoms with van der Waals surface area (Å²) in [6.45, 7) is 4.65. The van der Waals surface area contributed by atoms with Crippen LogP contribution < -0.4 is 15.4 Å². The van der Waals surface area contributed by atoms with Gasteiger partial charge in [0.05, 0.1) is 18.8 Å². The number of quaternary nitrogens is 1. The van der Waals surface area contributed by atoms with Crippen molar-refractivity contribution in [2.75, 3.05) is 19.0 Å². The molecule has 0 bridgehead atoms. The molecule has 1 amide bonds. The third kappa shape index (κ3) is 5.58. The second kappa shape index (κ2) is 9.89. The number of rotatable bonds is 8. The molecule has 0 fully saturated rings. The number of nitrogens with one attached hydrogen (secondary N) is 1. The lowest BCUT2D eigenvalue weighted by atomic mass is 9.95. The number of anilines is 1. The first kappa shape index (κ1) is 21.3. The van der Waals surface area contributed by atoms with Crippen molar-refractivity contribution < 1.29 is 24.4 Å². The van der Waals surface area contributed by atoms with Gasteiger partial charge in [0, 0.05) is 10.4 Å². The monoisotopic (exact) mass is 417 g/mol. The van der Waals surface area contributed by atoms with E-state index in [2.05, 4.69) is 5.32 Å². The Morgan fingerprint density at radius 3 is 2.59 bits per heavy atom.